The third-order valence-electron chi connectivity index (χ3n) is 3.68. The Morgan fingerprint density at radius 1 is 1.17 bits per heavy atom. The van der Waals surface area contributed by atoms with Crippen LogP contribution in [0.5, 0.6) is 0 Å². The number of hydrogen-bond acceptors (Lipinski definition) is 5. The van der Waals surface area contributed by atoms with Gasteiger partial charge in [0.05, 0.1) is 4.92 Å². The van der Waals surface area contributed by atoms with Crippen LogP contribution in [0.1, 0.15) is 17.2 Å². The van der Waals surface area contributed by atoms with Crippen LogP contribution >= 0.6 is 0 Å². The molecule has 0 aromatic heterocycles. The number of carbonyl (C=O) groups excluding carboxylic acids is 1. The van der Waals surface area contributed by atoms with Crippen molar-refractivity contribution in [2.75, 3.05) is 19.4 Å². The van der Waals surface area contributed by atoms with E-state index in [-0.39, 0.29) is 11.6 Å². The Morgan fingerprint density at radius 3 is 2.46 bits per heavy atom. The summed E-state index contributed by atoms with van der Waals surface area (Å²) in [6, 6.07) is 13.7. The molecular weight excluding hydrogens is 308 g/mol. The van der Waals surface area contributed by atoms with Crippen LogP contribution in [0.15, 0.2) is 48.5 Å². The molecule has 0 saturated heterocycles. The SMILES string of the molecule is CNC(=O)C(NCc1ccc(NC)c([N+](=O)[O-])c1)c1ccccc1. The lowest BCUT2D eigenvalue weighted by Gasteiger charge is -2.18. The molecule has 2 aromatic rings. The highest BCUT2D eigenvalue weighted by Gasteiger charge is 2.19. The number of nitrogens with one attached hydrogen (secondary N) is 3. The minimum atomic E-state index is -0.528. The Morgan fingerprint density at radius 2 is 1.88 bits per heavy atom. The minimum absolute atomic E-state index is 0.00741. The molecule has 0 spiro atoms. The Balaban J connectivity index is 2.19. The van der Waals surface area contributed by atoms with Crippen molar-refractivity contribution in [2.45, 2.75) is 12.6 Å². The molecular formula is C17H20N4O3. The normalized spacial score (nSPS) is 11.6. The molecule has 1 unspecified atom stereocenters. The molecule has 1 atom stereocenters. The summed E-state index contributed by atoms with van der Waals surface area (Å²) in [6.45, 7) is 0.331. The van der Waals surface area contributed by atoms with Crippen LogP contribution in [-0.2, 0) is 11.3 Å². The molecule has 0 heterocycles. The lowest BCUT2D eigenvalue weighted by molar-refractivity contribution is -0.384. The second kappa shape index (κ2) is 8.07. The number of carbonyl (C=O) groups is 1. The van der Waals surface area contributed by atoms with Gasteiger partial charge in [0, 0.05) is 26.7 Å². The lowest BCUT2D eigenvalue weighted by Crippen LogP contribution is -2.35. The molecule has 7 heteroatoms. The predicted molar refractivity (Wildman–Crippen MR) is 92.7 cm³/mol. The first-order valence-electron chi connectivity index (χ1n) is 7.51. The molecule has 126 valence electrons. The van der Waals surface area contributed by atoms with Gasteiger partial charge in [-0.15, -0.1) is 0 Å². The summed E-state index contributed by atoms with van der Waals surface area (Å²) in [7, 11) is 3.21. The molecule has 0 fully saturated rings. The van der Waals surface area contributed by atoms with Gasteiger partial charge in [0.2, 0.25) is 5.91 Å². The van der Waals surface area contributed by atoms with E-state index in [4.69, 9.17) is 0 Å². The van der Waals surface area contributed by atoms with Crippen molar-refractivity contribution in [3.8, 4) is 0 Å². The van der Waals surface area contributed by atoms with E-state index in [1.165, 1.54) is 6.07 Å². The second-order valence-electron chi connectivity index (χ2n) is 5.20. The molecule has 0 aliphatic heterocycles. The Kier molecular flexibility index (Phi) is 5.86. The maximum absolute atomic E-state index is 12.1. The minimum Gasteiger partial charge on any atom is -0.383 e. The van der Waals surface area contributed by atoms with E-state index >= 15 is 0 Å². The number of hydrogen-bond donors (Lipinski definition) is 3. The van der Waals surface area contributed by atoms with Gasteiger partial charge >= 0.3 is 0 Å². The molecule has 7 nitrogen and oxygen atoms in total. The van der Waals surface area contributed by atoms with Crippen molar-refractivity contribution in [2.24, 2.45) is 0 Å². The Bertz CT molecular complexity index is 719. The van der Waals surface area contributed by atoms with Gasteiger partial charge in [-0.3, -0.25) is 20.2 Å². The number of nitrogens with zero attached hydrogens (tertiary/aromatic N) is 1. The highest BCUT2D eigenvalue weighted by atomic mass is 16.6. The molecule has 0 radical (unpaired) electrons. The van der Waals surface area contributed by atoms with Crippen LogP contribution < -0.4 is 16.0 Å². The number of benzene rings is 2. The average Bonchev–Trinajstić information content (AvgIpc) is 2.62. The first-order chi connectivity index (χ1) is 11.6. The van der Waals surface area contributed by atoms with Gasteiger partial charge in [-0.25, -0.2) is 0 Å². The van der Waals surface area contributed by atoms with E-state index in [2.05, 4.69) is 16.0 Å². The fraction of sp³-hybridized carbons (Fsp3) is 0.235. The third-order valence-corrected chi connectivity index (χ3v) is 3.68. The fourth-order valence-corrected chi connectivity index (χ4v) is 2.42. The highest BCUT2D eigenvalue weighted by molar-refractivity contribution is 5.82. The molecule has 2 aromatic carbocycles. The lowest BCUT2D eigenvalue weighted by atomic mass is 10.1. The number of amides is 1. The van der Waals surface area contributed by atoms with E-state index in [9.17, 15) is 14.9 Å². The van der Waals surface area contributed by atoms with Gasteiger partial charge in [-0.05, 0) is 17.2 Å². The summed E-state index contributed by atoms with van der Waals surface area (Å²) >= 11 is 0. The van der Waals surface area contributed by atoms with Crippen LogP contribution in [0, 0.1) is 10.1 Å². The van der Waals surface area contributed by atoms with Crippen LogP contribution in [0.3, 0.4) is 0 Å². The molecule has 24 heavy (non-hydrogen) atoms. The van der Waals surface area contributed by atoms with E-state index in [1.54, 1.807) is 26.2 Å². The van der Waals surface area contributed by atoms with E-state index in [1.807, 2.05) is 30.3 Å². The molecule has 0 aliphatic carbocycles. The average molecular weight is 328 g/mol. The first-order valence-corrected chi connectivity index (χ1v) is 7.51. The highest BCUT2D eigenvalue weighted by Crippen LogP contribution is 2.25. The monoisotopic (exact) mass is 328 g/mol. The zero-order chi connectivity index (χ0) is 17.5. The molecule has 0 bridgehead atoms. The maximum Gasteiger partial charge on any atom is 0.292 e. The summed E-state index contributed by atoms with van der Waals surface area (Å²) < 4.78 is 0. The van der Waals surface area contributed by atoms with Gasteiger partial charge in [0.15, 0.2) is 0 Å². The summed E-state index contributed by atoms with van der Waals surface area (Å²) in [5.74, 6) is -0.164. The number of likely N-dealkylation sites (N-methyl/N-ethyl adjacent to an activating group) is 1. The predicted octanol–water partition coefficient (Wildman–Crippen LogP) is 2.21. The number of anilines is 1. The number of nitro groups is 1. The standard InChI is InChI=1S/C17H20N4O3/c1-18-14-9-8-12(10-15(14)21(23)24)11-20-16(17(22)19-2)13-6-4-3-5-7-13/h3-10,16,18,20H,11H2,1-2H3,(H,19,22). The van der Waals surface area contributed by atoms with Crippen LogP contribution in [-0.4, -0.2) is 24.9 Å². The van der Waals surface area contributed by atoms with Crippen LogP contribution in [0.2, 0.25) is 0 Å². The largest absolute Gasteiger partial charge is 0.383 e. The summed E-state index contributed by atoms with van der Waals surface area (Å²) in [5.41, 5.74) is 2.02. The van der Waals surface area contributed by atoms with E-state index in [0.29, 0.717) is 12.2 Å². The third kappa shape index (κ3) is 4.08. The van der Waals surface area contributed by atoms with Gasteiger partial charge in [-0.1, -0.05) is 36.4 Å². The first kappa shape index (κ1) is 17.4. The Hall–Kier alpha value is -2.93. The topological polar surface area (TPSA) is 96.3 Å². The zero-order valence-corrected chi connectivity index (χ0v) is 13.6. The molecule has 0 saturated carbocycles. The quantitative estimate of drug-likeness (QED) is 0.535. The van der Waals surface area contributed by atoms with Crippen molar-refractivity contribution in [3.05, 3.63) is 69.8 Å². The molecule has 3 N–H and O–H groups in total. The Labute approximate surface area is 140 Å². The molecule has 2 rings (SSSR count). The number of nitro benzene ring substituents is 1. The van der Waals surface area contributed by atoms with Crippen molar-refractivity contribution in [1.29, 1.82) is 0 Å². The molecule has 0 aliphatic rings. The maximum atomic E-state index is 12.1. The van der Waals surface area contributed by atoms with Gasteiger partial charge in [0.1, 0.15) is 11.7 Å². The van der Waals surface area contributed by atoms with Crippen molar-refractivity contribution in [3.63, 3.8) is 0 Å². The summed E-state index contributed by atoms with van der Waals surface area (Å²) in [4.78, 5) is 22.8. The number of rotatable bonds is 7. The van der Waals surface area contributed by atoms with Crippen LogP contribution in [0.25, 0.3) is 0 Å². The summed E-state index contributed by atoms with van der Waals surface area (Å²) in [6.07, 6.45) is 0. The smallest absolute Gasteiger partial charge is 0.292 e. The van der Waals surface area contributed by atoms with Crippen molar-refractivity contribution >= 4 is 17.3 Å². The van der Waals surface area contributed by atoms with Gasteiger partial charge in [-0.2, -0.15) is 0 Å². The van der Waals surface area contributed by atoms with E-state index in [0.717, 1.165) is 11.1 Å². The fourth-order valence-electron chi connectivity index (χ4n) is 2.42. The van der Waals surface area contributed by atoms with Crippen LogP contribution in [0.4, 0.5) is 11.4 Å². The molecule has 1 amide bonds. The zero-order valence-electron chi connectivity index (χ0n) is 13.6. The second-order valence-corrected chi connectivity index (χ2v) is 5.20. The van der Waals surface area contributed by atoms with Gasteiger partial charge < -0.3 is 10.6 Å². The summed E-state index contributed by atoms with van der Waals surface area (Å²) in [5, 5.41) is 19.7. The van der Waals surface area contributed by atoms with Gasteiger partial charge in [0.25, 0.3) is 5.69 Å². The van der Waals surface area contributed by atoms with E-state index < -0.39 is 11.0 Å². The van der Waals surface area contributed by atoms with Crippen molar-refractivity contribution in [1.82, 2.24) is 10.6 Å². The van der Waals surface area contributed by atoms with Crippen molar-refractivity contribution < 1.29 is 9.72 Å².